The van der Waals surface area contributed by atoms with Crippen LogP contribution < -0.4 is 5.32 Å². The lowest BCUT2D eigenvalue weighted by molar-refractivity contribution is -0.0102. The largest absolute Gasteiger partial charge is 0.508 e. The van der Waals surface area contributed by atoms with E-state index in [9.17, 15) is 10.2 Å². The maximum absolute atomic E-state index is 9.91. The molecule has 1 heterocycles. The highest BCUT2D eigenvalue weighted by Gasteiger charge is 2.28. The SMILES string of the molecule is CC(NCC(C)(C)N1CCOCC1)c1cc(O)ccc1O. The number of hydrogen-bond acceptors (Lipinski definition) is 5. The predicted octanol–water partition coefficient (Wildman–Crippen LogP) is 1.86. The van der Waals surface area contributed by atoms with E-state index in [4.69, 9.17) is 4.74 Å². The van der Waals surface area contributed by atoms with E-state index in [1.807, 2.05) is 6.92 Å². The average molecular weight is 294 g/mol. The number of nitrogens with zero attached hydrogens (tertiary/aromatic N) is 1. The molecule has 0 amide bonds. The summed E-state index contributed by atoms with van der Waals surface area (Å²) in [6.07, 6.45) is 0. The van der Waals surface area contributed by atoms with Gasteiger partial charge in [0.15, 0.2) is 0 Å². The van der Waals surface area contributed by atoms with Gasteiger partial charge in [0.2, 0.25) is 0 Å². The molecule has 1 aromatic carbocycles. The molecule has 0 aliphatic carbocycles. The van der Waals surface area contributed by atoms with E-state index in [1.54, 1.807) is 6.07 Å². The van der Waals surface area contributed by atoms with Crippen molar-refractivity contribution in [3.8, 4) is 11.5 Å². The van der Waals surface area contributed by atoms with Gasteiger partial charge in [0, 0.05) is 36.8 Å². The summed E-state index contributed by atoms with van der Waals surface area (Å²) in [6.45, 7) is 10.7. The minimum Gasteiger partial charge on any atom is -0.508 e. The Labute approximate surface area is 126 Å². The van der Waals surface area contributed by atoms with Crippen LogP contribution >= 0.6 is 0 Å². The standard InChI is InChI=1S/C16H26N2O3/c1-12(14-10-13(19)4-5-15(14)20)17-11-16(2,3)18-6-8-21-9-7-18/h4-5,10,12,17,19-20H,6-9,11H2,1-3H3. The summed E-state index contributed by atoms with van der Waals surface area (Å²) in [7, 11) is 0. The highest BCUT2D eigenvalue weighted by atomic mass is 16.5. The van der Waals surface area contributed by atoms with Crippen LogP contribution in [0.2, 0.25) is 0 Å². The van der Waals surface area contributed by atoms with Crippen LogP contribution in [0, 0.1) is 0 Å². The minimum absolute atomic E-state index is 0.0183. The van der Waals surface area contributed by atoms with E-state index in [1.165, 1.54) is 12.1 Å². The molecule has 1 saturated heterocycles. The Balaban J connectivity index is 1.96. The molecule has 2 rings (SSSR count). The van der Waals surface area contributed by atoms with Gasteiger partial charge in [0.05, 0.1) is 13.2 Å². The molecule has 0 spiro atoms. The lowest BCUT2D eigenvalue weighted by Gasteiger charge is -2.41. The van der Waals surface area contributed by atoms with Crippen molar-refractivity contribution in [1.82, 2.24) is 10.2 Å². The Kier molecular flexibility index (Phi) is 5.08. The molecule has 1 unspecified atom stereocenters. The number of morpholine rings is 1. The molecule has 3 N–H and O–H groups in total. The molecule has 118 valence electrons. The number of nitrogens with one attached hydrogen (secondary N) is 1. The van der Waals surface area contributed by atoms with Crippen molar-refractivity contribution in [2.24, 2.45) is 0 Å². The number of ether oxygens (including phenoxy) is 1. The first-order valence-corrected chi connectivity index (χ1v) is 7.48. The van der Waals surface area contributed by atoms with Crippen LogP contribution in [0.25, 0.3) is 0 Å². The molecule has 1 fully saturated rings. The van der Waals surface area contributed by atoms with Gasteiger partial charge in [0.1, 0.15) is 11.5 Å². The Morgan fingerprint density at radius 3 is 2.62 bits per heavy atom. The highest BCUT2D eigenvalue weighted by Crippen LogP contribution is 2.28. The third-order valence-electron chi connectivity index (χ3n) is 4.19. The molecule has 0 saturated carbocycles. The Bertz CT molecular complexity index is 471. The van der Waals surface area contributed by atoms with Crippen LogP contribution in [0.1, 0.15) is 32.4 Å². The number of hydrogen-bond donors (Lipinski definition) is 3. The number of phenols is 2. The van der Waals surface area contributed by atoms with Crippen LogP contribution in [-0.4, -0.2) is 53.5 Å². The van der Waals surface area contributed by atoms with Gasteiger partial charge in [-0.1, -0.05) is 0 Å². The highest BCUT2D eigenvalue weighted by molar-refractivity contribution is 5.40. The molecule has 1 aliphatic rings. The molecule has 1 aliphatic heterocycles. The average Bonchev–Trinajstić information content (AvgIpc) is 2.48. The first kappa shape index (κ1) is 16.1. The lowest BCUT2D eigenvalue weighted by Crippen LogP contribution is -2.54. The van der Waals surface area contributed by atoms with Gasteiger partial charge < -0.3 is 20.3 Å². The molecule has 5 nitrogen and oxygen atoms in total. The topological polar surface area (TPSA) is 65.0 Å². The summed E-state index contributed by atoms with van der Waals surface area (Å²) in [5, 5.41) is 22.9. The van der Waals surface area contributed by atoms with Crippen LogP contribution in [0.3, 0.4) is 0 Å². The van der Waals surface area contributed by atoms with Crippen molar-refractivity contribution < 1.29 is 14.9 Å². The first-order chi connectivity index (χ1) is 9.90. The number of rotatable bonds is 5. The normalized spacial score (nSPS) is 18.6. The van der Waals surface area contributed by atoms with Crippen LogP contribution in [-0.2, 0) is 4.74 Å². The fourth-order valence-electron chi connectivity index (χ4n) is 2.68. The summed E-state index contributed by atoms with van der Waals surface area (Å²) < 4.78 is 5.40. The van der Waals surface area contributed by atoms with E-state index in [-0.39, 0.29) is 23.1 Å². The molecule has 21 heavy (non-hydrogen) atoms. The molecular formula is C16H26N2O3. The van der Waals surface area contributed by atoms with E-state index < -0.39 is 0 Å². The summed E-state index contributed by atoms with van der Waals surface area (Å²) in [5.41, 5.74) is 0.734. The Morgan fingerprint density at radius 2 is 1.95 bits per heavy atom. The van der Waals surface area contributed by atoms with Gasteiger partial charge in [-0.2, -0.15) is 0 Å². The Morgan fingerprint density at radius 1 is 1.29 bits per heavy atom. The summed E-state index contributed by atoms with van der Waals surface area (Å²) in [5.74, 6) is 0.376. The van der Waals surface area contributed by atoms with Crippen molar-refractivity contribution in [2.45, 2.75) is 32.4 Å². The predicted molar refractivity (Wildman–Crippen MR) is 82.7 cm³/mol. The molecule has 1 aromatic rings. The fraction of sp³-hybridized carbons (Fsp3) is 0.625. The van der Waals surface area contributed by atoms with Gasteiger partial charge >= 0.3 is 0 Å². The van der Waals surface area contributed by atoms with Gasteiger partial charge in [0.25, 0.3) is 0 Å². The van der Waals surface area contributed by atoms with Gasteiger partial charge in [-0.3, -0.25) is 4.90 Å². The fourth-order valence-corrected chi connectivity index (χ4v) is 2.68. The van der Waals surface area contributed by atoms with Crippen molar-refractivity contribution in [2.75, 3.05) is 32.8 Å². The third-order valence-corrected chi connectivity index (χ3v) is 4.19. The van der Waals surface area contributed by atoms with Crippen LogP contribution in [0.5, 0.6) is 11.5 Å². The molecule has 0 aromatic heterocycles. The number of aromatic hydroxyl groups is 2. The van der Waals surface area contributed by atoms with E-state index in [0.29, 0.717) is 5.56 Å². The van der Waals surface area contributed by atoms with E-state index in [0.717, 1.165) is 32.8 Å². The van der Waals surface area contributed by atoms with Gasteiger partial charge in [-0.25, -0.2) is 0 Å². The zero-order valence-corrected chi connectivity index (χ0v) is 13.1. The number of phenolic OH excluding ortho intramolecular Hbond substituents is 2. The van der Waals surface area contributed by atoms with Gasteiger partial charge in [-0.05, 0) is 39.0 Å². The van der Waals surface area contributed by atoms with E-state index >= 15 is 0 Å². The van der Waals surface area contributed by atoms with Crippen molar-refractivity contribution >= 4 is 0 Å². The monoisotopic (exact) mass is 294 g/mol. The van der Waals surface area contributed by atoms with Crippen molar-refractivity contribution in [3.63, 3.8) is 0 Å². The maximum atomic E-state index is 9.91. The minimum atomic E-state index is -0.0302. The quantitative estimate of drug-likeness (QED) is 0.723. The van der Waals surface area contributed by atoms with Crippen LogP contribution in [0.15, 0.2) is 18.2 Å². The maximum Gasteiger partial charge on any atom is 0.120 e. The smallest absolute Gasteiger partial charge is 0.120 e. The zero-order valence-electron chi connectivity index (χ0n) is 13.1. The number of benzene rings is 1. The zero-order chi connectivity index (χ0) is 15.5. The molecule has 0 bridgehead atoms. The second-order valence-electron chi connectivity index (χ2n) is 6.26. The summed E-state index contributed by atoms with van der Waals surface area (Å²) >= 11 is 0. The first-order valence-electron chi connectivity index (χ1n) is 7.48. The lowest BCUT2D eigenvalue weighted by atomic mass is 10.00. The van der Waals surface area contributed by atoms with Crippen molar-refractivity contribution in [3.05, 3.63) is 23.8 Å². The second kappa shape index (κ2) is 6.64. The van der Waals surface area contributed by atoms with Crippen molar-refractivity contribution in [1.29, 1.82) is 0 Å². The third kappa shape index (κ3) is 4.09. The Hall–Kier alpha value is -1.30. The van der Waals surface area contributed by atoms with Gasteiger partial charge in [-0.15, -0.1) is 0 Å². The van der Waals surface area contributed by atoms with E-state index in [2.05, 4.69) is 24.1 Å². The molecule has 0 radical (unpaired) electrons. The molecule has 5 heteroatoms. The molecular weight excluding hydrogens is 268 g/mol. The summed E-state index contributed by atoms with van der Waals surface area (Å²) in [6, 6.07) is 4.59. The van der Waals surface area contributed by atoms with Crippen LogP contribution in [0.4, 0.5) is 0 Å². The summed E-state index contributed by atoms with van der Waals surface area (Å²) in [4.78, 5) is 2.42. The second-order valence-corrected chi connectivity index (χ2v) is 6.26. The molecule has 1 atom stereocenters.